The molecule has 0 amide bonds. The maximum Gasteiger partial charge on any atom is 0.126 e. The molecule has 0 aliphatic carbocycles. The lowest BCUT2D eigenvalue weighted by Crippen LogP contribution is -2.19. The predicted molar refractivity (Wildman–Crippen MR) is 68.7 cm³/mol. The van der Waals surface area contributed by atoms with Crippen LogP contribution in [0.2, 0.25) is 0 Å². The quantitative estimate of drug-likeness (QED) is 0.921. The molecule has 1 aromatic carbocycles. The number of nitrogens with one attached hydrogen (secondary N) is 1. The second kappa shape index (κ2) is 5.54. The fraction of sp³-hybridized carbons (Fsp3) is 0.308. The Morgan fingerprint density at radius 2 is 1.94 bits per heavy atom. The van der Waals surface area contributed by atoms with Crippen molar-refractivity contribution in [1.29, 1.82) is 0 Å². The summed E-state index contributed by atoms with van der Waals surface area (Å²) in [5, 5.41) is 5.99. The second-order valence-corrected chi connectivity index (χ2v) is 5.07. The van der Waals surface area contributed by atoms with Crippen molar-refractivity contribution in [2.75, 3.05) is 7.05 Å². The molecule has 2 nitrogen and oxygen atoms in total. The van der Waals surface area contributed by atoms with E-state index in [2.05, 4.69) is 10.3 Å². The van der Waals surface area contributed by atoms with Gasteiger partial charge in [0, 0.05) is 29.6 Å². The molecule has 1 unspecified atom stereocenters. The van der Waals surface area contributed by atoms with Crippen molar-refractivity contribution < 1.29 is 8.78 Å². The molecular formula is C13H14F2N2S. The van der Waals surface area contributed by atoms with E-state index in [1.807, 2.05) is 12.3 Å². The first kappa shape index (κ1) is 13.1. The molecule has 2 aromatic rings. The number of halogens is 2. The van der Waals surface area contributed by atoms with Crippen LogP contribution in [0.25, 0.3) is 0 Å². The van der Waals surface area contributed by atoms with Crippen molar-refractivity contribution in [3.8, 4) is 0 Å². The largest absolute Gasteiger partial charge is 0.313 e. The molecule has 0 fully saturated rings. The van der Waals surface area contributed by atoms with Gasteiger partial charge < -0.3 is 5.32 Å². The van der Waals surface area contributed by atoms with Crippen LogP contribution < -0.4 is 5.32 Å². The van der Waals surface area contributed by atoms with Crippen molar-refractivity contribution in [1.82, 2.24) is 10.3 Å². The van der Waals surface area contributed by atoms with Crippen LogP contribution in [0.5, 0.6) is 0 Å². The van der Waals surface area contributed by atoms with Crippen LogP contribution >= 0.6 is 11.3 Å². The summed E-state index contributed by atoms with van der Waals surface area (Å²) in [5.74, 6) is -1.11. The van der Waals surface area contributed by atoms with Gasteiger partial charge in [-0.3, -0.25) is 0 Å². The highest BCUT2D eigenvalue weighted by Gasteiger charge is 2.14. The molecule has 1 heterocycles. The molecule has 5 heteroatoms. The summed E-state index contributed by atoms with van der Waals surface area (Å²) in [6.07, 6.45) is 0.623. The summed E-state index contributed by atoms with van der Waals surface area (Å²) in [4.78, 5) is 4.36. The standard InChI is InChI=1S/C13H14F2N2S/c1-8-7-18-13(17-8)6-12(16-2)9-3-10(14)5-11(15)4-9/h3-5,7,12,16H,6H2,1-2H3. The summed E-state index contributed by atoms with van der Waals surface area (Å²) in [7, 11) is 1.77. The maximum atomic E-state index is 13.2. The van der Waals surface area contributed by atoms with E-state index >= 15 is 0 Å². The van der Waals surface area contributed by atoms with Crippen LogP contribution in [0.4, 0.5) is 8.78 Å². The predicted octanol–water partition coefficient (Wildman–Crippen LogP) is 3.23. The Kier molecular flexibility index (Phi) is 4.04. The van der Waals surface area contributed by atoms with Crippen molar-refractivity contribution >= 4 is 11.3 Å². The molecule has 0 radical (unpaired) electrons. The number of nitrogens with zero attached hydrogens (tertiary/aromatic N) is 1. The smallest absolute Gasteiger partial charge is 0.126 e. The Balaban J connectivity index is 2.22. The molecule has 1 atom stereocenters. The minimum absolute atomic E-state index is 0.138. The molecular weight excluding hydrogens is 254 g/mol. The second-order valence-electron chi connectivity index (χ2n) is 4.13. The number of likely N-dealkylation sites (N-methyl/N-ethyl adjacent to an activating group) is 1. The highest BCUT2D eigenvalue weighted by molar-refractivity contribution is 7.09. The third-order valence-electron chi connectivity index (χ3n) is 2.68. The van der Waals surface area contributed by atoms with Crippen LogP contribution in [0.1, 0.15) is 22.3 Å². The van der Waals surface area contributed by atoms with E-state index in [0.29, 0.717) is 12.0 Å². The van der Waals surface area contributed by atoms with Gasteiger partial charge in [0.2, 0.25) is 0 Å². The minimum atomic E-state index is -0.555. The molecule has 0 saturated carbocycles. The number of aryl methyl sites for hydroxylation is 1. The molecule has 18 heavy (non-hydrogen) atoms. The topological polar surface area (TPSA) is 24.9 Å². The van der Waals surface area contributed by atoms with E-state index in [-0.39, 0.29) is 6.04 Å². The molecule has 1 N–H and O–H groups in total. The SMILES string of the molecule is CNC(Cc1nc(C)cs1)c1cc(F)cc(F)c1. The Morgan fingerprint density at radius 1 is 1.28 bits per heavy atom. The van der Waals surface area contributed by atoms with E-state index in [0.717, 1.165) is 16.8 Å². The van der Waals surface area contributed by atoms with Crippen molar-refractivity contribution in [3.63, 3.8) is 0 Å². The Hall–Kier alpha value is -1.33. The van der Waals surface area contributed by atoms with E-state index < -0.39 is 11.6 Å². The average molecular weight is 268 g/mol. The lowest BCUT2D eigenvalue weighted by Gasteiger charge is -2.15. The molecule has 0 aliphatic heterocycles. The van der Waals surface area contributed by atoms with Gasteiger partial charge in [-0.25, -0.2) is 13.8 Å². The zero-order chi connectivity index (χ0) is 13.1. The monoisotopic (exact) mass is 268 g/mol. The summed E-state index contributed by atoms with van der Waals surface area (Å²) in [6.45, 7) is 1.93. The molecule has 0 aliphatic rings. The molecule has 0 saturated heterocycles. The minimum Gasteiger partial charge on any atom is -0.313 e. The molecule has 0 spiro atoms. The van der Waals surface area contributed by atoms with Gasteiger partial charge in [0.25, 0.3) is 0 Å². The lowest BCUT2D eigenvalue weighted by atomic mass is 10.0. The van der Waals surface area contributed by atoms with Gasteiger partial charge >= 0.3 is 0 Å². The van der Waals surface area contributed by atoms with Gasteiger partial charge in [-0.1, -0.05) is 0 Å². The number of thiazole rings is 1. The highest BCUT2D eigenvalue weighted by Crippen LogP contribution is 2.22. The first-order valence-corrected chi connectivity index (χ1v) is 6.50. The molecule has 96 valence electrons. The number of hydrogen-bond donors (Lipinski definition) is 1. The van der Waals surface area contributed by atoms with Gasteiger partial charge in [-0.05, 0) is 31.7 Å². The van der Waals surface area contributed by atoms with Crippen molar-refractivity contribution in [2.24, 2.45) is 0 Å². The number of rotatable bonds is 4. The van der Waals surface area contributed by atoms with Crippen LogP contribution in [-0.2, 0) is 6.42 Å². The van der Waals surface area contributed by atoms with E-state index in [4.69, 9.17) is 0 Å². The normalized spacial score (nSPS) is 12.7. The highest BCUT2D eigenvalue weighted by atomic mass is 32.1. The summed E-state index contributed by atoms with van der Waals surface area (Å²) in [5.41, 5.74) is 1.57. The van der Waals surface area contributed by atoms with Crippen LogP contribution in [0.3, 0.4) is 0 Å². The number of benzene rings is 1. The fourth-order valence-electron chi connectivity index (χ4n) is 1.83. The molecule has 1 aromatic heterocycles. The van der Waals surface area contributed by atoms with Crippen molar-refractivity contribution in [3.05, 3.63) is 51.5 Å². The van der Waals surface area contributed by atoms with Gasteiger partial charge in [-0.2, -0.15) is 0 Å². The number of aromatic nitrogens is 1. The van der Waals surface area contributed by atoms with Gasteiger partial charge in [-0.15, -0.1) is 11.3 Å². The Morgan fingerprint density at radius 3 is 2.44 bits per heavy atom. The van der Waals surface area contributed by atoms with Crippen LogP contribution in [0, 0.1) is 18.6 Å². The third kappa shape index (κ3) is 3.11. The first-order chi connectivity index (χ1) is 8.58. The fourth-order valence-corrected chi connectivity index (χ4v) is 2.65. The van der Waals surface area contributed by atoms with E-state index in [1.54, 1.807) is 18.4 Å². The zero-order valence-corrected chi connectivity index (χ0v) is 11.0. The van der Waals surface area contributed by atoms with E-state index in [9.17, 15) is 8.78 Å². The molecule has 2 rings (SSSR count). The van der Waals surface area contributed by atoms with Crippen LogP contribution in [0.15, 0.2) is 23.6 Å². The summed E-state index contributed by atoms with van der Waals surface area (Å²) >= 11 is 1.56. The zero-order valence-electron chi connectivity index (χ0n) is 10.2. The summed E-state index contributed by atoms with van der Waals surface area (Å²) < 4.78 is 26.4. The average Bonchev–Trinajstić information content (AvgIpc) is 2.70. The summed E-state index contributed by atoms with van der Waals surface area (Å²) in [6, 6.07) is 3.44. The first-order valence-electron chi connectivity index (χ1n) is 5.62. The van der Waals surface area contributed by atoms with Gasteiger partial charge in [0.15, 0.2) is 0 Å². The Bertz CT molecular complexity index is 519. The van der Waals surface area contributed by atoms with E-state index in [1.165, 1.54) is 12.1 Å². The van der Waals surface area contributed by atoms with Crippen LogP contribution in [-0.4, -0.2) is 12.0 Å². The number of hydrogen-bond acceptors (Lipinski definition) is 3. The van der Waals surface area contributed by atoms with Gasteiger partial charge in [0.05, 0.1) is 5.01 Å². The maximum absolute atomic E-state index is 13.2. The van der Waals surface area contributed by atoms with Crippen molar-refractivity contribution in [2.45, 2.75) is 19.4 Å². The van der Waals surface area contributed by atoms with Gasteiger partial charge in [0.1, 0.15) is 11.6 Å². The third-order valence-corrected chi connectivity index (χ3v) is 3.67. The molecule has 0 bridgehead atoms. The Labute approximate surface area is 109 Å². The lowest BCUT2D eigenvalue weighted by molar-refractivity contribution is 0.550.